The second-order valence-electron chi connectivity index (χ2n) is 4.72. The average molecular weight is 218 g/mol. The summed E-state index contributed by atoms with van der Waals surface area (Å²) in [6.45, 7) is 5.12. The lowest BCUT2D eigenvalue weighted by molar-refractivity contribution is -0.139. The second kappa shape index (κ2) is 6.05. The van der Waals surface area contributed by atoms with Crippen molar-refractivity contribution in [3.8, 4) is 0 Å². The molecule has 0 unspecified atom stereocenters. The van der Waals surface area contributed by atoms with Crippen molar-refractivity contribution < 1.29 is 15.0 Å². The topological polar surface area (TPSA) is 64.0 Å². The maximum absolute atomic E-state index is 10.6. The van der Waals surface area contributed by atoms with E-state index in [9.17, 15) is 9.90 Å². The Morgan fingerprint density at radius 3 is 2.13 bits per heavy atom. The summed E-state index contributed by atoms with van der Waals surface area (Å²) in [5.74, 6) is -0.863. The lowest BCUT2D eigenvalue weighted by Crippen LogP contribution is -2.43. The summed E-state index contributed by atoms with van der Waals surface area (Å²) < 4.78 is 0. The Morgan fingerprint density at radius 1 is 1.27 bits per heavy atom. The Balaban J connectivity index is 4.12. The van der Waals surface area contributed by atoms with Crippen molar-refractivity contribution >= 4 is 5.97 Å². The second-order valence-corrected chi connectivity index (χ2v) is 4.72. The van der Waals surface area contributed by atoms with Gasteiger partial charge in [-0.25, -0.2) is 0 Å². The molecule has 0 rings (SSSR count). The normalized spacial score (nSPS) is 12.5. The predicted octanol–water partition coefficient (Wildman–Crippen LogP) is -0.294. The fourth-order valence-electron chi connectivity index (χ4n) is 1.29. The lowest BCUT2D eigenvalue weighted by atomic mass is 10.1. The van der Waals surface area contributed by atoms with Crippen LogP contribution in [-0.4, -0.2) is 71.9 Å². The van der Waals surface area contributed by atoms with Crippen LogP contribution in [0.3, 0.4) is 0 Å². The van der Waals surface area contributed by atoms with E-state index in [0.29, 0.717) is 13.1 Å². The maximum atomic E-state index is 10.6. The molecular weight excluding hydrogens is 196 g/mol. The summed E-state index contributed by atoms with van der Waals surface area (Å²) in [5.41, 5.74) is -0.859. The largest absolute Gasteiger partial charge is 0.480 e. The van der Waals surface area contributed by atoms with Crippen molar-refractivity contribution in [1.82, 2.24) is 9.80 Å². The van der Waals surface area contributed by atoms with Gasteiger partial charge < -0.3 is 15.1 Å². The molecule has 0 aliphatic rings. The van der Waals surface area contributed by atoms with Crippen molar-refractivity contribution in [2.45, 2.75) is 19.4 Å². The highest BCUT2D eigenvalue weighted by atomic mass is 16.4. The molecule has 0 aromatic heterocycles. The molecule has 2 N–H and O–H groups in total. The third-order valence-electron chi connectivity index (χ3n) is 1.83. The molecule has 0 fully saturated rings. The van der Waals surface area contributed by atoms with Gasteiger partial charge >= 0.3 is 5.97 Å². The fourth-order valence-corrected chi connectivity index (χ4v) is 1.29. The smallest absolute Gasteiger partial charge is 0.317 e. The van der Waals surface area contributed by atoms with E-state index >= 15 is 0 Å². The van der Waals surface area contributed by atoms with Crippen LogP contribution in [0, 0.1) is 0 Å². The van der Waals surface area contributed by atoms with Gasteiger partial charge in [0.05, 0.1) is 12.1 Å². The van der Waals surface area contributed by atoms with Crippen LogP contribution in [-0.2, 0) is 4.79 Å². The first-order valence-corrected chi connectivity index (χ1v) is 5.02. The Labute approximate surface area is 91.3 Å². The first-order valence-electron chi connectivity index (χ1n) is 5.02. The Kier molecular flexibility index (Phi) is 5.79. The van der Waals surface area contributed by atoms with Gasteiger partial charge in [0, 0.05) is 19.6 Å². The Bertz CT molecular complexity index is 199. The van der Waals surface area contributed by atoms with Crippen LogP contribution >= 0.6 is 0 Å². The first kappa shape index (κ1) is 14.3. The van der Waals surface area contributed by atoms with Gasteiger partial charge in [0.15, 0.2) is 0 Å². The molecule has 0 saturated heterocycles. The standard InChI is InChI=1S/C10H22N2O3/c1-10(2,15)8-12(7-9(13)14)6-5-11(3)4/h15H,5-8H2,1-4H3,(H,13,14). The van der Waals surface area contributed by atoms with Gasteiger partial charge in [0.2, 0.25) is 0 Å². The SMILES string of the molecule is CN(C)CCN(CC(=O)O)CC(C)(C)O. The van der Waals surface area contributed by atoms with Gasteiger partial charge in [0.1, 0.15) is 0 Å². The van der Waals surface area contributed by atoms with Crippen LogP contribution in [0.5, 0.6) is 0 Å². The quantitative estimate of drug-likeness (QED) is 0.614. The monoisotopic (exact) mass is 218 g/mol. The summed E-state index contributed by atoms with van der Waals surface area (Å²) in [4.78, 5) is 14.3. The fraction of sp³-hybridized carbons (Fsp3) is 0.900. The van der Waals surface area contributed by atoms with Crippen molar-refractivity contribution in [3.05, 3.63) is 0 Å². The molecule has 0 aromatic rings. The number of aliphatic carboxylic acids is 1. The molecule has 0 saturated carbocycles. The molecular formula is C10H22N2O3. The minimum atomic E-state index is -0.863. The Hall–Kier alpha value is -0.650. The maximum Gasteiger partial charge on any atom is 0.317 e. The predicted molar refractivity (Wildman–Crippen MR) is 58.9 cm³/mol. The van der Waals surface area contributed by atoms with Gasteiger partial charge in [-0.05, 0) is 27.9 Å². The van der Waals surface area contributed by atoms with E-state index in [4.69, 9.17) is 5.11 Å². The van der Waals surface area contributed by atoms with Crippen LogP contribution in [0.1, 0.15) is 13.8 Å². The summed E-state index contributed by atoms with van der Waals surface area (Å²) in [5, 5.41) is 18.3. The summed E-state index contributed by atoms with van der Waals surface area (Å²) in [6, 6.07) is 0. The van der Waals surface area contributed by atoms with E-state index in [1.54, 1.807) is 18.7 Å². The van der Waals surface area contributed by atoms with E-state index in [1.165, 1.54) is 0 Å². The van der Waals surface area contributed by atoms with Gasteiger partial charge in [-0.3, -0.25) is 9.69 Å². The molecule has 90 valence electrons. The molecule has 0 radical (unpaired) electrons. The van der Waals surface area contributed by atoms with E-state index in [0.717, 1.165) is 6.54 Å². The van der Waals surface area contributed by atoms with E-state index < -0.39 is 11.6 Å². The number of aliphatic hydroxyl groups is 1. The zero-order valence-electron chi connectivity index (χ0n) is 10.0. The van der Waals surface area contributed by atoms with Gasteiger partial charge in [-0.2, -0.15) is 0 Å². The molecule has 0 spiro atoms. The van der Waals surface area contributed by atoms with Gasteiger partial charge in [-0.1, -0.05) is 0 Å². The number of nitrogens with zero attached hydrogens (tertiary/aromatic N) is 2. The van der Waals surface area contributed by atoms with Crippen LogP contribution < -0.4 is 0 Å². The average Bonchev–Trinajstić information content (AvgIpc) is 1.95. The zero-order chi connectivity index (χ0) is 12.1. The molecule has 0 heterocycles. The Morgan fingerprint density at radius 2 is 1.80 bits per heavy atom. The van der Waals surface area contributed by atoms with E-state index in [1.807, 2.05) is 19.0 Å². The summed E-state index contributed by atoms with van der Waals surface area (Å²) >= 11 is 0. The summed E-state index contributed by atoms with van der Waals surface area (Å²) in [6.07, 6.45) is 0. The van der Waals surface area contributed by atoms with Gasteiger partial charge in [0.25, 0.3) is 0 Å². The molecule has 0 aliphatic heterocycles. The molecule has 0 amide bonds. The number of carboxylic acid groups (broad SMARTS) is 1. The van der Waals surface area contributed by atoms with E-state index in [2.05, 4.69) is 0 Å². The van der Waals surface area contributed by atoms with Crippen LogP contribution in [0.4, 0.5) is 0 Å². The third-order valence-corrected chi connectivity index (χ3v) is 1.83. The molecule has 0 atom stereocenters. The van der Waals surface area contributed by atoms with Gasteiger partial charge in [-0.15, -0.1) is 0 Å². The molecule has 0 bridgehead atoms. The van der Waals surface area contributed by atoms with Crippen molar-refractivity contribution in [1.29, 1.82) is 0 Å². The highest BCUT2D eigenvalue weighted by Crippen LogP contribution is 2.04. The summed E-state index contributed by atoms with van der Waals surface area (Å²) in [7, 11) is 3.87. The number of carboxylic acids is 1. The van der Waals surface area contributed by atoms with Crippen LogP contribution in [0.2, 0.25) is 0 Å². The van der Waals surface area contributed by atoms with Crippen LogP contribution in [0.25, 0.3) is 0 Å². The van der Waals surface area contributed by atoms with Crippen molar-refractivity contribution in [2.24, 2.45) is 0 Å². The molecule has 15 heavy (non-hydrogen) atoms. The minimum Gasteiger partial charge on any atom is -0.480 e. The number of carbonyl (C=O) groups is 1. The number of hydrogen-bond donors (Lipinski definition) is 2. The minimum absolute atomic E-state index is 0.0299. The number of rotatable bonds is 7. The van der Waals surface area contributed by atoms with Crippen molar-refractivity contribution in [3.63, 3.8) is 0 Å². The highest BCUT2D eigenvalue weighted by molar-refractivity contribution is 5.69. The van der Waals surface area contributed by atoms with Crippen molar-refractivity contribution in [2.75, 3.05) is 40.3 Å². The lowest BCUT2D eigenvalue weighted by Gasteiger charge is -2.28. The molecule has 0 aromatic carbocycles. The molecule has 5 heteroatoms. The third kappa shape index (κ3) is 9.65. The first-order chi connectivity index (χ1) is 6.70. The highest BCUT2D eigenvalue weighted by Gasteiger charge is 2.19. The number of likely N-dealkylation sites (N-methyl/N-ethyl adjacent to an activating group) is 1. The van der Waals surface area contributed by atoms with Crippen LogP contribution in [0.15, 0.2) is 0 Å². The number of hydrogen-bond acceptors (Lipinski definition) is 4. The molecule has 0 aliphatic carbocycles. The van der Waals surface area contributed by atoms with E-state index in [-0.39, 0.29) is 6.54 Å². The zero-order valence-corrected chi connectivity index (χ0v) is 10.0. The molecule has 5 nitrogen and oxygen atoms in total.